The van der Waals surface area contributed by atoms with Crippen LogP contribution in [0.3, 0.4) is 0 Å². The van der Waals surface area contributed by atoms with Gasteiger partial charge in [-0.2, -0.15) is 0 Å². The first-order valence-electron chi connectivity index (χ1n) is 17.0. The van der Waals surface area contributed by atoms with Crippen LogP contribution in [0.2, 0.25) is 0 Å². The lowest BCUT2D eigenvalue weighted by Crippen LogP contribution is -2.15. The number of nitrogens with zero attached hydrogens (tertiary/aromatic N) is 1. The van der Waals surface area contributed by atoms with E-state index < -0.39 is 0 Å². The molecule has 0 N–H and O–H groups in total. The van der Waals surface area contributed by atoms with Crippen LogP contribution in [0.5, 0.6) is 0 Å². The van der Waals surface area contributed by atoms with E-state index in [4.69, 9.17) is 4.42 Å². The van der Waals surface area contributed by atoms with Crippen LogP contribution in [0.1, 0.15) is 25.0 Å². The summed E-state index contributed by atoms with van der Waals surface area (Å²) in [6, 6.07) is 59.6. The second-order valence-corrected chi connectivity index (χ2v) is 13.7. The summed E-state index contributed by atoms with van der Waals surface area (Å²) in [5, 5.41) is 7.05. The number of fused-ring (bicyclic) bond motifs is 8. The van der Waals surface area contributed by atoms with Crippen LogP contribution < -0.4 is 4.90 Å². The van der Waals surface area contributed by atoms with E-state index in [9.17, 15) is 0 Å². The van der Waals surface area contributed by atoms with Crippen molar-refractivity contribution in [2.45, 2.75) is 19.3 Å². The third-order valence-corrected chi connectivity index (χ3v) is 10.6. The van der Waals surface area contributed by atoms with Gasteiger partial charge in [0, 0.05) is 32.8 Å². The Balaban J connectivity index is 1.28. The summed E-state index contributed by atoms with van der Waals surface area (Å²) in [6.07, 6.45) is 0. The third kappa shape index (κ3) is 4.14. The number of hydrogen-bond donors (Lipinski definition) is 0. The van der Waals surface area contributed by atoms with Gasteiger partial charge in [-0.25, -0.2) is 0 Å². The molecular weight excluding hydrogens is 595 g/mol. The molecule has 0 amide bonds. The fourth-order valence-electron chi connectivity index (χ4n) is 8.29. The van der Waals surface area contributed by atoms with Crippen molar-refractivity contribution in [3.05, 3.63) is 175 Å². The lowest BCUT2D eigenvalue weighted by atomic mass is 9.82. The van der Waals surface area contributed by atoms with Crippen molar-refractivity contribution in [2.75, 3.05) is 4.90 Å². The van der Waals surface area contributed by atoms with Gasteiger partial charge in [-0.1, -0.05) is 135 Å². The summed E-state index contributed by atoms with van der Waals surface area (Å²) in [5.41, 5.74) is 12.9. The highest BCUT2D eigenvalue weighted by molar-refractivity contribution is 6.14. The Kier molecular flexibility index (Phi) is 5.95. The molecule has 0 aliphatic heterocycles. The Bertz CT molecular complexity index is 2760. The van der Waals surface area contributed by atoms with Gasteiger partial charge in [0.1, 0.15) is 11.2 Å². The summed E-state index contributed by atoms with van der Waals surface area (Å²) in [7, 11) is 0. The molecule has 1 aliphatic carbocycles. The highest BCUT2D eigenvalue weighted by Gasteiger charge is 2.35. The van der Waals surface area contributed by atoms with E-state index in [1.807, 2.05) is 6.07 Å². The zero-order chi connectivity index (χ0) is 32.7. The van der Waals surface area contributed by atoms with Crippen LogP contribution in [0.15, 0.2) is 168 Å². The summed E-state index contributed by atoms with van der Waals surface area (Å²) < 4.78 is 6.34. The van der Waals surface area contributed by atoms with Crippen molar-refractivity contribution in [2.24, 2.45) is 0 Å². The fraction of sp³-hybridized carbons (Fsp3) is 0.0638. The number of rotatable bonds is 4. The molecule has 2 nitrogen and oxygen atoms in total. The predicted molar refractivity (Wildman–Crippen MR) is 206 cm³/mol. The summed E-state index contributed by atoms with van der Waals surface area (Å²) in [6.45, 7) is 4.69. The van der Waals surface area contributed by atoms with Crippen molar-refractivity contribution >= 4 is 60.5 Å². The first kappa shape index (κ1) is 27.9. The molecule has 1 aromatic heterocycles. The van der Waals surface area contributed by atoms with E-state index in [1.54, 1.807) is 0 Å². The smallest absolute Gasteiger partial charge is 0.136 e. The van der Waals surface area contributed by atoms with Crippen LogP contribution in [0.4, 0.5) is 17.1 Å². The van der Waals surface area contributed by atoms with Crippen molar-refractivity contribution in [1.29, 1.82) is 0 Å². The van der Waals surface area contributed by atoms with Gasteiger partial charge < -0.3 is 9.32 Å². The normalized spacial score (nSPS) is 13.3. The Hall–Kier alpha value is -6.12. The van der Waals surface area contributed by atoms with Gasteiger partial charge in [-0.3, -0.25) is 0 Å². The molecule has 2 heteroatoms. The van der Waals surface area contributed by atoms with Gasteiger partial charge in [-0.15, -0.1) is 0 Å². The van der Waals surface area contributed by atoms with Crippen molar-refractivity contribution in [3.8, 4) is 22.3 Å². The molecule has 232 valence electrons. The van der Waals surface area contributed by atoms with Gasteiger partial charge in [0.25, 0.3) is 0 Å². The average molecular weight is 628 g/mol. The highest BCUT2D eigenvalue weighted by Crippen LogP contribution is 2.52. The maximum atomic E-state index is 6.34. The predicted octanol–water partition coefficient (Wildman–Crippen LogP) is 13.3. The topological polar surface area (TPSA) is 16.4 Å². The number of furan rings is 1. The first-order valence-corrected chi connectivity index (χ1v) is 17.0. The Labute approximate surface area is 285 Å². The molecule has 0 bridgehead atoms. The Morgan fingerprint density at radius 3 is 1.98 bits per heavy atom. The minimum atomic E-state index is -0.0659. The van der Waals surface area contributed by atoms with E-state index in [0.29, 0.717) is 0 Å². The molecule has 0 saturated carbocycles. The van der Waals surface area contributed by atoms with Crippen LogP contribution >= 0.6 is 0 Å². The van der Waals surface area contributed by atoms with E-state index in [2.05, 4.69) is 176 Å². The molecule has 0 saturated heterocycles. The second kappa shape index (κ2) is 10.4. The molecule has 0 spiro atoms. The molecule has 1 aliphatic rings. The van der Waals surface area contributed by atoms with Crippen LogP contribution in [0.25, 0.3) is 65.7 Å². The summed E-state index contributed by atoms with van der Waals surface area (Å²) in [4.78, 5) is 2.47. The maximum Gasteiger partial charge on any atom is 0.136 e. The molecule has 10 rings (SSSR count). The molecule has 9 aromatic rings. The largest absolute Gasteiger partial charge is 0.456 e. The molecule has 0 radical (unpaired) electrons. The van der Waals surface area contributed by atoms with Gasteiger partial charge in [0.05, 0.1) is 11.4 Å². The molecular formula is C47H33NO. The minimum absolute atomic E-state index is 0.0659. The number of anilines is 3. The zero-order valence-electron chi connectivity index (χ0n) is 27.4. The average Bonchev–Trinajstić information content (AvgIpc) is 3.62. The van der Waals surface area contributed by atoms with E-state index >= 15 is 0 Å². The highest BCUT2D eigenvalue weighted by atomic mass is 16.3. The summed E-state index contributed by atoms with van der Waals surface area (Å²) in [5.74, 6) is 0. The molecule has 1 heterocycles. The SMILES string of the molecule is CC1(C)c2ccccc2-c2cc(N(c3ccccc3-c3cccc4ccccc34)c3cccc4cc5oc6ccccc6c5cc34)ccc21. The van der Waals surface area contributed by atoms with Crippen molar-refractivity contribution < 1.29 is 4.42 Å². The summed E-state index contributed by atoms with van der Waals surface area (Å²) >= 11 is 0. The van der Waals surface area contributed by atoms with Gasteiger partial charge in [0.15, 0.2) is 0 Å². The maximum absolute atomic E-state index is 6.34. The number of para-hydroxylation sites is 2. The van der Waals surface area contributed by atoms with E-state index in [1.165, 1.54) is 49.5 Å². The number of hydrogen-bond acceptors (Lipinski definition) is 2. The standard InChI is InChI=1S/C47H33NO/c1-47(2)41-21-8-5-17-35(41)39-28-32(25-26-42(39)47)48(43-22-9-6-18-36(43)34-20-11-14-30-13-3-4-16-33(30)34)44-23-12-15-31-27-46-40(29-38(31)44)37-19-7-10-24-45(37)49-46/h3-29H,1-2H3. The molecule has 8 aromatic carbocycles. The van der Waals surface area contributed by atoms with Gasteiger partial charge in [-0.05, 0) is 86.4 Å². The monoisotopic (exact) mass is 627 g/mol. The van der Waals surface area contributed by atoms with Gasteiger partial charge in [0.2, 0.25) is 0 Å². The van der Waals surface area contributed by atoms with Crippen LogP contribution in [-0.4, -0.2) is 0 Å². The van der Waals surface area contributed by atoms with Gasteiger partial charge >= 0.3 is 0 Å². The zero-order valence-corrected chi connectivity index (χ0v) is 27.4. The minimum Gasteiger partial charge on any atom is -0.456 e. The first-order chi connectivity index (χ1) is 24.1. The van der Waals surface area contributed by atoms with Crippen molar-refractivity contribution in [3.63, 3.8) is 0 Å². The quantitative estimate of drug-likeness (QED) is 0.193. The van der Waals surface area contributed by atoms with E-state index in [-0.39, 0.29) is 5.41 Å². The van der Waals surface area contributed by atoms with E-state index in [0.717, 1.165) is 44.4 Å². The molecule has 0 atom stereocenters. The molecule has 0 unspecified atom stereocenters. The lowest BCUT2D eigenvalue weighted by molar-refractivity contribution is 0.660. The fourth-order valence-corrected chi connectivity index (χ4v) is 8.29. The van der Waals surface area contributed by atoms with Crippen LogP contribution in [0, 0.1) is 0 Å². The Morgan fingerprint density at radius 1 is 0.408 bits per heavy atom. The van der Waals surface area contributed by atoms with Crippen LogP contribution in [-0.2, 0) is 5.41 Å². The Morgan fingerprint density at radius 2 is 1.06 bits per heavy atom. The second-order valence-electron chi connectivity index (χ2n) is 13.7. The number of benzene rings is 8. The lowest BCUT2D eigenvalue weighted by Gasteiger charge is -2.30. The third-order valence-electron chi connectivity index (χ3n) is 10.6. The molecule has 49 heavy (non-hydrogen) atoms. The van der Waals surface area contributed by atoms with Crippen molar-refractivity contribution in [1.82, 2.24) is 0 Å². The molecule has 0 fully saturated rings.